The van der Waals surface area contributed by atoms with Crippen molar-refractivity contribution in [2.75, 3.05) is 12.5 Å². The van der Waals surface area contributed by atoms with E-state index in [-0.39, 0.29) is 27.0 Å². The lowest BCUT2D eigenvalue weighted by atomic mass is 10.4. The smallest absolute Gasteiger partial charge is 0.241 e. The van der Waals surface area contributed by atoms with Gasteiger partial charge in [-0.05, 0) is 12.5 Å². The standard InChI is InChI=1S/C6H11NO2S2/c1-11(2)10-4-3-5(8)7-6(4)9/h4,11H,3H2,1-2H3,(H,7,8,9). The predicted molar refractivity (Wildman–Crippen MR) is 50.0 cm³/mol. The largest absolute Gasteiger partial charge is 0.295 e. The van der Waals surface area contributed by atoms with Crippen LogP contribution in [0.4, 0.5) is 0 Å². The number of carbonyl (C=O) groups excluding carboxylic acids is 2. The van der Waals surface area contributed by atoms with Crippen LogP contribution in [0, 0.1) is 0 Å². The topological polar surface area (TPSA) is 46.2 Å². The van der Waals surface area contributed by atoms with Crippen LogP contribution in [0.2, 0.25) is 0 Å². The van der Waals surface area contributed by atoms with Crippen molar-refractivity contribution in [1.29, 1.82) is 0 Å². The number of rotatable bonds is 2. The molecule has 0 bridgehead atoms. The molecule has 1 atom stereocenters. The molecule has 1 rings (SSSR count). The molecule has 0 spiro atoms. The number of amides is 2. The quantitative estimate of drug-likeness (QED) is 0.377. The van der Waals surface area contributed by atoms with Gasteiger partial charge in [0.1, 0.15) is 5.25 Å². The highest BCUT2D eigenvalue weighted by atomic mass is 33.1. The molecule has 0 aromatic carbocycles. The SMILES string of the molecule is C[SH](C)SC1CC(=O)NC1=O. The average molecular weight is 193 g/mol. The molecule has 11 heavy (non-hydrogen) atoms. The minimum absolute atomic E-state index is 0.115. The minimum Gasteiger partial charge on any atom is -0.295 e. The molecule has 1 saturated heterocycles. The summed E-state index contributed by atoms with van der Waals surface area (Å²) in [6, 6.07) is 0. The van der Waals surface area contributed by atoms with Crippen LogP contribution in [0.3, 0.4) is 0 Å². The zero-order chi connectivity index (χ0) is 8.43. The molecule has 64 valence electrons. The molecule has 0 aromatic rings. The van der Waals surface area contributed by atoms with Crippen LogP contribution in [0.5, 0.6) is 0 Å². The van der Waals surface area contributed by atoms with Gasteiger partial charge in [0.2, 0.25) is 11.8 Å². The van der Waals surface area contributed by atoms with Crippen LogP contribution in [0.25, 0.3) is 0 Å². The Kier molecular flexibility index (Phi) is 2.84. The molecule has 0 aliphatic carbocycles. The predicted octanol–water partition coefficient (Wildman–Crippen LogP) is 0.310. The number of hydrogen-bond donors (Lipinski definition) is 2. The highest BCUT2D eigenvalue weighted by molar-refractivity contribution is 8.85. The highest BCUT2D eigenvalue weighted by Gasteiger charge is 2.31. The lowest BCUT2D eigenvalue weighted by Gasteiger charge is -2.10. The summed E-state index contributed by atoms with van der Waals surface area (Å²) in [5.41, 5.74) is 0. The number of nitrogens with one attached hydrogen (secondary N) is 1. The van der Waals surface area contributed by atoms with E-state index in [9.17, 15) is 9.59 Å². The van der Waals surface area contributed by atoms with E-state index in [1.165, 1.54) is 0 Å². The van der Waals surface area contributed by atoms with Gasteiger partial charge in [-0.1, -0.05) is 0 Å². The summed E-state index contributed by atoms with van der Waals surface area (Å²) in [7, 11) is 1.45. The first-order valence-electron chi connectivity index (χ1n) is 3.27. The van der Waals surface area contributed by atoms with E-state index < -0.39 is 0 Å². The van der Waals surface area contributed by atoms with E-state index in [4.69, 9.17) is 0 Å². The van der Waals surface area contributed by atoms with Crippen molar-refractivity contribution in [3.8, 4) is 0 Å². The summed E-state index contributed by atoms with van der Waals surface area (Å²) in [4.78, 5) is 21.7. The van der Waals surface area contributed by atoms with Gasteiger partial charge in [0.05, 0.1) is 0 Å². The Morgan fingerprint density at radius 3 is 2.55 bits per heavy atom. The van der Waals surface area contributed by atoms with Crippen molar-refractivity contribution >= 4 is 32.5 Å². The van der Waals surface area contributed by atoms with Crippen LogP contribution in [-0.4, -0.2) is 29.6 Å². The zero-order valence-corrected chi connectivity index (χ0v) is 8.17. The molecule has 1 fully saturated rings. The molecule has 1 N–H and O–H groups in total. The van der Waals surface area contributed by atoms with Gasteiger partial charge in [-0.15, -0.1) is 10.8 Å². The van der Waals surface area contributed by atoms with E-state index >= 15 is 0 Å². The highest BCUT2D eigenvalue weighted by Crippen LogP contribution is 2.38. The fourth-order valence-corrected chi connectivity index (χ4v) is 3.80. The van der Waals surface area contributed by atoms with Crippen molar-refractivity contribution in [2.45, 2.75) is 11.7 Å². The summed E-state index contributed by atoms with van der Waals surface area (Å²) in [5.74, 6) is -0.249. The Hall–Kier alpha value is -0.160. The summed E-state index contributed by atoms with van der Waals surface area (Å²) >= 11 is 0. The maximum Gasteiger partial charge on any atom is 0.241 e. The summed E-state index contributed by atoms with van der Waals surface area (Å²) < 4.78 is 0. The summed E-state index contributed by atoms with van der Waals surface area (Å²) in [6.07, 6.45) is 4.52. The van der Waals surface area contributed by atoms with Crippen LogP contribution in [0.15, 0.2) is 0 Å². The Balaban J connectivity index is 2.47. The van der Waals surface area contributed by atoms with Gasteiger partial charge in [0, 0.05) is 6.42 Å². The van der Waals surface area contributed by atoms with E-state index in [0.717, 1.165) is 0 Å². The zero-order valence-electron chi connectivity index (χ0n) is 6.46. The monoisotopic (exact) mass is 193 g/mol. The van der Waals surface area contributed by atoms with E-state index in [1.54, 1.807) is 10.8 Å². The van der Waals surface area contributed by atoms with Crippen LogP contribution < -0.4 is 5.32 Å². The molecule has 1 heterocycles. The average Bonchev–Trinajstić information content (AvgIpc) is 2.09. The first-order chi connectivity index (χ1) is 5.09. The minimum atomic E-state index is -0.154. The number of thiol groups is 1. The van der Waals surface area contributed by atoms with E-state index in [1.807, 2.05) is 0 Å². The molecular formula is C6H11NO2S2. The molecule has 0 aromatic heterocycles. The van der Waals surface area contributed by atoms with Gasteiger partial charge >= 0.3 is 0 Å². The van der Waals surface area contributed by atoms with Crippen molar-refractivity contribution in [1.82, 2.24) is 5.32 Å². The second-order valence-corrected chi connectivity index (χ2v) is 7.75. The Morgan fingerprint density at radius 1 is 1.55 bits per heavy atom. The van der Waals surface area contributed by atoms with Gasteiger partial charge in [-0.3, -0.25) is 14.9 Å². The second kappa shape index (κ2) is 3.49. The lowest BCUT2D eigenvalue weighted by molar-refractivity contribution is -0.124. The molecule has 1 unspecified atom stereocenters. The number of imide groups is 1. The number of carbonyl (C=O) groups is 2. The van der Waals surface area contributed by atoms with Crippen molar-refractivity contribution in [2.24, 2.45) is 0 Å². The Morgan fingerprint density at radius 2 is 2.18 bits per heavy atom. The third-order valence-electron chi connectivity index (χ3n) is 1.26. The maximum absolute atomic E-state index is 11.0. The van der Waals surface area contributed by atoms with Gasteiger partial charge < -0.3 is 0 Å². The lowest BCUT2D eigenvalue weighted by Crippen LogP contribution is -2.22. The number of hydrogen-bond acceptors (Lipinski definition) is 3. The third kappa shape index (κ3) is 2.41. The van der Waals surface area contributed by atoms with Gasteiger partial charge in [0.15, 0.2) is 0 Å². The molecule has 0 radical (unpaired) electrons. The first kappa shape index (κ1) is 8.93. The molecule has 0 saturated carbocycles. The molecule has 2 amide bonds. The van der Waals surface area contributed by atoms with Gasteiger partial charge in [-0.2, -0.15) is 0 Å². The molecule has 1 aliphatic heterocycles. The second-order valence-electron chi connectivity index (χ2n) is 2.52. The summed E-state index contributed by atoms with van der Waals surface area (Å²) in [6.45, 7) is 0. The van der Waals surface area contributed by atoms with Gasteiger partial charge in [-0.25, -0.2) is 9.93 Å². The molecular weight excluding hydrogens is 182 g/mol. The fraction of sp³-hybridized carbons (Fsp3) is 0.667. The van der Waals surface area contributed by atoms with E-state index in [2.05, 4.69) is 17.8 Å². The van der Waals surface area contributed by atoms with Crippen molar-refractivity contribution in [3.05, 3.63) is 0 Å². The Bertz CT molecular complexity index is 193. The summed E-state index contributed by atoms with van der Waals surface area (Å²) in [5, 5.41) is 2.16. The van der Waals surface area contributed by atoms with E-state index in [0.29, 0.717) is 6.42 Å². The molecule has 3 nitrogen and oxygen atoms in total. The van der Waals surface area contributed by atoms with Crippen LogP contribution in [0.1, 0.15) is 6.42 Å². The van der Waals surface area contributed by atoms with Crippen LogP contribution >= 0.6 is 20.7 Å². The first-order valence-corrected chi connectivity index (χ1v) is 6.99. The van der Waals surface area contributed by atoms with Gasteiger partial charge in [0.25, 0.3) is 0 Å². The van der Waals surface area contributed by atoms with Crippen LogP contribution in [-0.2, 0) is 9.59 Å². The van der Waals surface area contributed by atoms with Crippen molar-refractivity contribution < 1.29 is 9.59 Å². The normalized spacial score (nSPS) is 25.3. The molecule has 1 aliphatic rings. The fourth-order valence-electron chi connectivity index (χ4n) is 0.870. The third-order valence-corrected chi connectivity index (χ3v) is 4.35. The van der Waals surface area contributed by atoms with Crippen molar-refractivity contribution in [3.63, 3.8) is 0 Å². The Labute approximate surface area is 72.0 Å². The maximum atomic E-state index is 11.0. The molecule has 5 heteroatoms.